The van der Waals surface area contributed by atoms with Crippen LogP contribution in [0.5, 0.6) is 0 Å². The highest BCUT2D eigenvalue weighted by Gasteiger charge is 2.20. The van der Waals surface area contributed by atoms with Crippen molar-refractivity contribution in [3.8, 4) is 0 Å². The zero-order valence-electron chi connectivity index (χ0n) is 12.2. The Hall–Kier alpha value is -1.79. The number of rotatable bonds is 5. The third-order valence-electron chi connectivity index (χ3n) is 3.16. The van der Waals surface area contributed by atoms with E-state index in [0.29, 0.717) is 10.0 Å². The summed E-state index contributed by atoms with van der Waals surface area (Å²) in [6.45, 7) is 2.05. The third-order valence-corrected chi connectivity index (χ3v) is 3.65. The van der Waals surface area contributed by atoms with Crippen LogP contribution in [0, 0.1) is 5.82 Å². The van der Waals surface area contributed by atoms with Crippen LogP contribution in [0.15, 0.2) is 47.1 Å². The second-order valence-electron chi connectivity index (χ2n) is 5.04. The number of carbonyl (C=O) groups is 1. The van der Waals surface area contributed by atoms with Gasteiger partial charge in [-0.15, -0.1) is 0 Å². The van der Waals surface area contributed by atoms with Crippen LogP contribution in [0.1, 0.15) is 18.2 Å². The number of amides is 1. The van der Waals surface area contributed by atoms with E-state index in [1.165, 1.54) is 11.0 Å². The highest BCUT2D eigenvalue weighted by molar-refractivity contribution is 9.10. The van der Waals surface area contributed by atoms with Crippen LogP contribution in [0.3, 0.4) is 0 Å². The molecule has 22 heavy (non-hydrogen) atoms. The van der Waals surface area contributed by atoms with Crippen LogP contribution >= 0.6 is 15.9 Å². The van der Waals surface area contributed by atoms with E-state index in [2.05, 4.69) is 20.9 Å². The summed E-state index contributed by atoms with van der Waals surface area (Å²) >= 11 is 3.22. The number of benzene rings is 1. The lowest BCUT2D eigenvalue weighted by molar-refractivity contribution is -0.133. The highest BCUT2D eigenvalue weighted by Crippen LogP contribution is 2.18. The molecule has 1 atom stereocenters. The number of pyridine rings is 1. The van der Waals surface area contributed by atoms with Crippen molar-refractivity contribution in [1.29, 1.82) is 0 Å². The van der Waals surface area contributed by atoms with Crippen molar-refractivity contribution in [2.75, 3.05) is 0 Å². The molecule has 0 radical (unpaired) electrons. The average Bonchev–Trinajstić information content (AvgIpc) is 2.49. The summed E-state index contributed by atoms with van der Waals surface area (Å²) in [7, 11) is 0. The minimum absolute atomic E-state index is 0.149. The Bertz CT molecular complexity index is 649. The fraction of sp³-hybridized carbons (Fsp3) is 0.250. The van der Waals surface area contributed by atoms with Gasteiger partial charge in [0.05, 0.1) is 18.3 Å². The second-order valence-corrected chi connectivity index (χ2v) is 5.96. The maximum atomic E-state index is 14.0. The third kappa shape index (κ3) is 4.35. The quantitative estimate of drug-likeness (QED) is 0.885. The Labute approximate surface area is 137 Å². The number of hydrogen-bond acceptors (Lipinski definition) is 3. The van der Waals surface area contributed by atoms with Gasteiger partial charge in [0.25, 0.3) is 0 Å². The van der Waals surface area contributed by atoms with Crippen molar-refractivity contribution in [3.05, 3.63) is 64.1 Å². The van der Waals surface area contributed by atoms with E-state index >= 15 is 0 Å². The predicted octanol–water partition coefficient (Wildman–Crippen LogP) is 2.86. The molecule has 0 saturated carbocycles. The van der Waals surface area contributed by atoms with Crippen molar-refractivity contribution in [2.24, 2.45) is 5.73 Å². The normalized spacial score (nSPS) is 12.0. The molecule has 0 aliphatic heterocycles. The molecule has 0 fully saturated rings. The van der Waals surface area contributed by atoms with E-state index in [4.69, 9.17) is 5.73 Å². The summed E-state index contributed by atoms with van der Waals surface area (Å²) in [5.74, 6) is -0.606. The minimum atomic E-state index is -0.651. The van der Waals surface area contributed by atoms with Gasteiger partial charge in [0.15, 0.2) is 0 Å². The largest absolute Gasteiger partial charge is 0.331 e. The van der Waals surface area contributed by atoms with Gasteiger partial charge in [-0.3, -0.25) is 9.78 Å². The number of aromatic nitrogens is 1. The molecular formula is C16H17BrFN3O. The van der Waals surface area contributed by atoms with Gasteiger partial charge in [-0.05, 0) is 31.2 Å². The molecule has 1 heterocycles. The van der Waals surface area contributed by atoms with E-state index < -0.39 is 6.04 Å². The molecule has 0 bridgehead atoms. The monoisotopic (exact) mass is 365 g/mol. The minimum Gasteiger partial charge on any atom is -0.331 e. The van der Waals surface area contributed by atoms with Crippen LogP contribution in [-0.4, -0.2) is 21.8 Å². The molecule has 1 aromatic heterocycles. The smallest absolute Gasteiger partial charge is 0.239 e. The van der Waals surface area contributed by atoms with Crippen LogP contribution < -0.4 is 5.73 Å². The number of nitrogens with two attached hydrogens (primary N) is 1. The molecule has 2 N–H and O–H groups in total. The standard InChI is InChI=1S/C16H17BrFN3O/c1-11(19)16(22)21(10-14-4-2-3-7-20-14)9-12-5-6-13(17)8-15(12)18/h2-8,11H,9-10,19H2,1H3/t11-/m1/s1. The Kier molecular flexibility index (Phi) is 5.63. The fourth-order valence-electron chi connectivity index (χ4n) is 2.04. The van der Waals surface area contributed by atoms with Crippen LogP contribution in [0.25, 0.3) is 0 Å². The predicted molar refractivity (Wildman–Crippen MR) is 86.2 cm³/mol. The van der Waals surface area contributed by atoms with Crippen molar-refractivity contribution in [1.82, 2.24) is 9.88 Å². The van der Waals surface area contributed by atoms with Gasteiger partial charge in [-0.25, -0.2) is 4.39 Å². The van der Waals surface area contributed by atoms with Crippen molar-refractivity contribution in [3.63, 3.8) is 0 Å². The first-order valence-corrected chi connectivity index (χ1v) is 7.65. The molecule has 1 aromatic carbocycles. The summed E-state index contributed by atoms with van der Waals surface area (Å²) in [5, 5.41) is 0. The number of nitrogens with zero attached hydrogens (tertiary/aromatic N) is 2. The van der Waals surface area contributed by atoms with Crippen LogP contribution in [0.4, 0.5) is 4.39 Å². The maximum Gasteiger partial charge on any atom is 0.239 e. The Balaban J connectivity index is 2.22. The fourth-order valence-corrected chi connectivity index (χ4v) is 2.38. The topological polar surface area (TPSA) is 59.2 Å². The SMILES string of the molecule is C[C@@H](N)C(=O)N(Cc1ccccn1)Cc1ccc(Br)cc1F. The lowest BCUT2D eigenvalue weighted by atomic mass is 10.1. The number of hydrogen-bond donors (Lipinski definition) is 1. The average molecular weight is 366 g/mol. The Morgan fingerprint density at radius 3 is 2.73 bits per heavy atom. The van der Waals surface area contributed by atoms with E-state index in [0.717, 1.165) is 5.69 Å². The lowest BCUT2D eigenvalue weighted by Crippen LogP contribution is -2.41. The first kappa shape index (κ1) is 16.6. The van der Waals surface area contributed by atoms with Gasteiger partial charge >= 0.3 is 0 Å². The second kappa shape index (κ2) is 7.47. The molecule has 0 saturated heterocycles. The van der Waals surface area contributed by atoms with Gasteiger partial charge in [-0.1, -0.05) is 28.1 Å². The van der Waals surface area contributed by atoms with Gasteiger partial charge in [0.1, 0.15) is 5.82 Å². The zero-order chi connectivity index (χ0) is 16.1. The summed E-state index contributed by atoms with van der Waals surface area (Å²) in [5.41, 5.74) is 6.86. The van der Waals surface area contributed by atoms with Crippen molar-refractivity contribution < 1.29 is 9.18 Å². The lowest BCUT2D eigenvalue weighted by Gasteiger charge is -2.24. The van der Waals surface area contributed by atoms with Gasteiger partial charge in [0, 0.05) is 22.8 Å². The molecule has 4 nitrogen and oxygen atoms in total. The molecule has 0 spiro atoms. The molecular weight excluding hydrogens is 349 g/mol. The summed E-state index contributed by atoms with van der Waals surface area (Å²) in [6.07, 6.45) is 1.66. The molecule has 2 rings (SSSR count). The summed E-state index contributed by atoms with van der Waals surface area (Å²) < 4.78 is 14.7. The van der Waals surface area contributed by atoms with Crippen LogP contribution in [-0.2, 0) is 17.9 Å². The number of halogens is 2. The van der Waals surface area contributed by atoms with E-state index in [1.54, 1.807) is 31.3 Å². The zero-order valence-corrected chi connectivity index (χ0v) is 13.8. The molecule has 0 aliphatic carbocycles. The molecule has 1 amide bonds. The van der Waals surface area contributed by atoms with Crippen molar-refractivity contribution in [2.45, 2.75) is 26.1 Å². The van der Waals surface area contributed by atoms with Gasteiger partial charge in [0.2, 0.25) is 5.91 Å². The van der Waals surface area contributed by atoms with E-state index in [1.807, 2.05) is 12.1 Å². The summed E-state index contributed by atoms with van der Waals surface area (Å²) in [4.78, 5) is 18.0. The molecule has 6 heteroatoms. The van der Waals surface area contributed by atoms with Gasteiger partial charge in [-0.2, -0.15) is 0 Å². The highest BCUT2D eigenvalue weighted by atomic mass is 79.9. The molecule has 0 unspecified atom stereocenters. The first-order valence-electron chi connectivity index (χ1n) is 6.85. The molecule has 0 aliphatic rings. The number of carbonyl (C=O) groups excluding carboxylic acids is 1. The first-order chi connectivity index (χ1) is 10.5. The van der Waals surface area contributed by atoms with E-state index in [-0.39, 0.29) is 24.8 Å². The Morgan fingerprint density at radius 2 is 2.14 bits per heavy atom. The Morgan fingerprint density at radius 1 is 1.36 bits per heavy atom. The molecule has 116 valence electrons. The van der Waals surface area contributed by atoms with E-state index in [9.17, 15) is 9.18 Å². The van der Waals surface area contributed by atoms with Gasteiger partial charge < -0.3 is 10.6 Å². The van der Waals surface area contributed by atoms with Crippen LogP contribution in [0.2, 0.25) is 0 Å². The van der Waals surface area contributed by atoms with Crippen molar-refractivity contribution >= 4 is 21.8 Å². The maximum absolute atomic E-state index is 14.0. The molecule has 2 aromatic rings. The summed E-state index contributed by atoms with van der Waals surface area (Å²) in [6, 6.07) is 9.59.